The van der Waals surface area contributed by atoms with Crippen molar-refractivity contribution in [1.82, 2.24) is 9.80 Å². The van der Waals surface area contributed by atoms with E-state index in [4.69, 9.17) is 5.73 Å². The highest BCUT2D eigenvalue weighted by molar-refractivity contribution is 5.81. The zero-order valence-electron chi connectivity index (χ0n) is 13.2. The number of carbonyl (C=O) groups is 1. The van der Waals surface area contributed by atoms with E-state index in [1.807, 2.05) is 4.90 Å². The summed E-state index contributed by atoms with van der Waals surface area (Å²) in [7, 11) is 0. The maximum atomic E-state index is 12.3. The Hall–Kier alpha value is -0.610. The molecule has 2 aliphatic heterocycles. The molecule has 2 saturated heterocycles. The van der Waals surface area contributed by atoms with Gasteiger partial charge in [-0.2, -0.15) is 0 Å². The van der Waals surface area contributed by atoms with Gasteiger partial charge in [0.2, 0.25) is 5.91 Å². The van der Waals surface area contributed by atoms with Crippen LogP contribution in [0.4, 0.5) is 0 Å². The standard InChI is InChI=1S/C16H31N3O/c1-13(2)10-15(17)16(20)19-9-6-14(12-19)11-18-7-4-3-5-8-18/h13-15H,3-12,17H2,1-2H3/t14?,15-/m0/s1. The quantitative estimate of drug-likeness (QED) is 0.834. The Morgan fingerprint density at radius 3 is 2.55 bits per heavy atom. The number of carbonyl (C=O) groups excluding carboxylic acids is 1. The van der Waals surface area contributed by atoms with E-state index in [1.165, 1.54) is 38.9 Å². The fourth-order valence-electron chi connectivity index (χ4n) is 3.53. The molecule has 20 heavy (non-hydrogen) atoms. The highest BCUT2D eigenvalue weighted by Crippen LogP contribution is 2.21. The van der Waals surface area contributed by atoms with E-state index in [-0.39, 0.29) is 11.9 Å². The van der Waals surface area contributed by atoms with Gasteiger partial charge in [-0.15, -0.1) is 0 Å². The zero-order valence-corrected chi connectivity index (χ0v) is 13.2. The second kappa shape index (κ2) is 7.41. The molecule has 2 atom stereocenters. The van der Waals surface area contributed by atoms with Gasteiger partial charge in [0.05, 0.1) is 6.04 Å². The number of hydrogen-bond donors (Lipinski definition) is 1. The highest BCUT2D eigenvalue weighted by atomic mass is 16.2. The van der Waals surface area contributed by atoms with Crippen molar-refractivity contribution in [1.29, 1.82) is 0 Å². The molecule has 2 heterocycles. The van der Waals surface area contributed by atoms with Crippen molar-refractivity contribution in [3.8, 4) is 0 Å². The van der Waals surface area contributed by atoms with E-state index < -0.39 is 0 Å². The summed E-state index contributed by atoms with van der Waals surface area (Å²) >= 11 is 0. The Bertz CT molecular complexity index is 313. The average Bonchev–Trinajstić information content (AvgIpc) is 2.86. The van der Waals surface area contributed by atoms with E-state index in [2.05, 4.69) is 18.7 Å². The number of amides is 1. The molecule has 0 radical (unpaired) electrons. The summed E-state index contributed by atoms with van der Waals surface area (Å²) in [4.78, 5) is 16.9. The number of nitrogens with two attached hydrogens (primary N) is 1. The van der Waals surface area contributed by atoms with Crippen LogP contribution in [0.3, 0.4) is 0 Å². The molecule has 4 nitrogen and oxygen atoms in total. The first-order valence-corrected chi connectivity index (χ1v) is 8.33. The molecule has 0 aromatic rings. The van der Waals surface area contributed by atoms with Crippen LogP contribution in [0.5, 0.6) is 0 Å². The van der Waals surface area contributed by atoms with Crippen molar-refractivity contribution in [2.45, 2.75) is 52.0 Å². The molecule has 0 bridgehead atoms. The first-order valence-electron chi connectivity index (χ1n) is 8.33. The first-order chi connectivity index (χ1) is 9.56. The van der Waals surface area contributed by atoms with Crippen LogP contribution in [0.1, 0.15) is 46.0 Å². The lowest BCUT2D eigenvalue weighted by Crippen LogP contribution is -2.44. The third-order valence-electron chi connectivity index (χ3n) is 4.61. The third-order valence-corrected chi connectivity index (χ3v) is 4.61. The number of nitrogens with zero attached hydrogens (tertiary/aromatic N) is 2. The Morgan fingerprint density at radius 1 is 1.20 bits per heavy atom. The van der Waals surface area contributed by atoms with Gasteiger partial charge in [0.25, 0.3) is 0 Å². The fraction of sp³-hybridized carbons (Fsp3) is 0.938. The van der Waals surface area contributed by atoms with Crippen molar-refractivity contribution in [3.63, 3.8) is 0 Å². The molecule has 1 unspecified atom stereocenters. The molecule has 0 spiro atoms. The SMILES string of the molecule is CC(C)C[C@H](N)C(=O)N1CCC(CN2CCCCC2)C1. The highest BCUT2D eigenvalue weighted by Gasteiger charge is 2.30. The second-order valence-electron chi connectivity index (χ2n) is 7.04. The Morgan fingerprint density at radius 2 is 1.90 bits per heavy atom. The average molecular weight is 281 g/mol. The summed E-state index contributed by atoms with van der Waals surface area (Å²) in [6.07, 6.45) is 6.02. The van der Waals surface area contributed by atoms with Gasteiger partial charge in [-0.05, 0) is 50.6 Å². The molecule has 2 rings (SSSR count). The summed E-state index contributed by atoms with van der Waals surface area (Å²) < 4.78 is 0. The molecule has 2 N–H and O–H groups in total. The van der Waals surface area contributed by atoms with Gasteiger partial charge in [-0.1, -0.05) is 20.3 Å². The van der Waals surface area contributed by atoms with Gasteiger partial charge in [-0.3, -0.25) is 4.79 Å². The molecular weight excluding hydrogens is 250 g/mol. The summed E-state index contributed by atoms with van der Waals surface area (Å²) in [6, 6.07) is -0.302. The van der Waals surface area contributed by atoms with Crippen LogP contribution in [-0.4, -0.2) is 54.5 Å². The summed E-state index contributed by atoms with van der Waals surface area (Å²) in [6.45, 7) is 9.73. The van der Waals surface area contributed by atoms with Crippen LogP contribution < -0.4 is 5.73 Å². The predicted octanol–water partition coefficient (Wildman–Crippen LogP) is 1.69. The Kier molecular flexibility index (Phi) is 5.85. The largest absolute Gasteiger partial charge is 0.341 e. The fourth-order valence-corrected chi connectivity index (χ4v) is 3.53. The molecule has 2 aliphatic rings. The van der Waals surface area contributed by atoms with Gasteiger partial charge in [0.15, 0.2) is 0 Å². The van der Waals surface area contributed by atoms with Gasteiger partial charge in [0.1, 0.15) is 0 Å². The number of rotatable bonds is 5. The van der Waals surface area contributed by atoms with Gasteiger partial charge < -0.3 is 15.5 Å². The monoisotopic (exact) mass is 281 g/mol. The molecule has 0 saturated carbocycles. The lowest BCUT2D eigenvalue weighted by Gasteiger charge is -2.29. The van der Waals surface area contributed by atoms with E-state index >= 15 is 0 Å². The molecule has 116 valence electrons. The third kappa shape index (κ3) is 4.45. The maximum Gasteiger partial charge on any atom is 0.239 e. The zero-order chi connectivity index (χ0) is 14.5. The van der Waals surface area contributed by atoms with Crippen molar-refractivity contribution in [2.75, 3.05) is 32.7 Å². The van der Waals surface area contributed by atoms with Crippen LogP contribution in [0.2, 0.25) is 0 Å². The number of piperidine rings is 1. The van der Waals surface area contributed by atoms with Crippen LogP contribution in [0.25, 0.3) is 0 Å². The van der Waals surface area contributed by atoms with Crippen LogP contribution in [0.15, 0.2) is 0 Å². The topological polar surface area (TPSA) is 49.6 Å². The summed E-state index contributed by atoms with van der Waals surface area (Å²) in [5.74, 6) is 1.31. The summed E-state index contributed by atoms with van der Waals surface area (Å²) in [5.41, 5.74) is 6.03. The van der Waals surface area contributed by atoms with Crippen molar-refractivity contribution in [2.24, 2.45) is 17.6 Å². The lowest BCUT2D eigenvalue weighted by molar-refractivity contribution is -0.132. The smallest absolute Gasteiger partial charge is 0.239 e. The van der Waals surface area contributed by atoms with Crippen molar-refractivity contribution < 1.29 is 4.79 Å². The normalized spacial score (nSPS) is 26.2. The van der Waals surface area contributed by atoms with Crippen molar-refractivity contribution >= 4 is 5.91 Å². The van der Waals surface area contributed by atoms with Gasteiger partial charge >= 0.3 is 0 Å². The molecule has 0 aromatic carbocycles. The molecule has 0 aromatic heterocycles. The predicted molar refractivity (Wildman–Crippen MR) is 82.4 cm³/mol. The van der Waals surface area contributed by atoms with E-state index in [0.29, 0.717) is 11.8 Å². The van der Waals surface area contributed by atoms with Crippen LogP contribution >= 0.6 is 0 Å². The Balaban J connectivity index is 1.75. The van der Waals surface area contributed by atoms with Crippen molar-refractivity contribution in [3.05, 3.63) is 0 Å². The number of hydrogen-bond acceptors (Lipinski definition) is 3. The van der Waals surface area contributed by atoms with Crippen LogP contribution in [-0.2, 0) is 4.79 Å². The van der Waals surface area contributed by atoms with E-state index in [9.17, 15) is 4.79 Å². The summed E-state index contributed by atoms with van der Waals surface area (Å²) in [5, 5.41) is 0. The minimum atomic E-state index is -0.302. The minimum Gasteiger partial charge on any atom is -0.341 e. The van der Waals surface area contributed by atoms with E-state index in [1.54, 1.807) is 0 Å². The molecule has 1 amide bonds. The lowest BCUT2D eigenvalue weighted by atomic mass is 10.0. The Labute approximate surface area is 123 Å². The maximum absolute atomic E-state index is 12.3. The number of likely N-dealkylation sites (tertiary alicyclic amines) is 2. The second-order valence-corrected chi connectivity index (χ2v) is 7.04. The van der Waals surface area contributed by atoms with Crippen LogP contribution in [0, 0.1) is 11.8 Å². The molecule has 4 heteroatoms. The molecule has 2 fully saturated rings. The minimum absolute atomic E-state index is 0.167. The molecular formula is C16H31N3O. The van der Waals surface area contributed by atoms with Gasteiger partial charge in [0, 0.05) is 19.6 Å². The van der Waals surface area contributed by atoms with E-state index in [0.717, 1.165) is 25.9 Å². The first kappa shape index (κ1) is 15.8. The van der Waals surface area contributed by atoms with Gasteiger partial charge in [-0.25, -0.2) is 0 Å². The molecule has 0 aliphatic carbocycles.